The monoisotopic (exact) mass is 595 g/mol. The molecule has 2 unspecified atom stereocenters. The molecule has 0 spiro atoms. The number of fused-ring (bicyclic) bond motifs is 3. The van der Waals surface area contributed by atoms with Crippen LogP contribution in [0.1, 0.15) is 24.1 Å². The first-order chi connectivity index (χ1) is 21.5. The first kappa shape index (κ1) is 28.4. The number of amides is 1. The zero-order valence-corrected chi connectivity index (χ0v) is 24.8. The third-order valence-electron chi connectivity index (χ3n) is 9.37. The fourth-order valence-electron chi connectivity index (χ4n) is 6.94. The van der Waals surface area contributed by atoms with Gasteiger partial charge in [-0.15, -0.1) is 0 Å². The number of nitriles is 1. The number of piperazine rings is 1. The van der Waals surface area contributed by atoms with Gasteiger partial charge >= 0.3 is 6.01 Å². The van der Waals surface area contributed by atoms with Crippen molar-refractivity contribution in [1.82, 2.24) is 19.8 Å². The number of aromatic hydroxyl groups is 1. The van der Waals surface area contributed by atoms with E-state index < -0.39 is 0 Å². The molecule has 228 valence electrons. The van der Waals surface area contributed by atoms with Crippen LogP contribution in [0, 0.1) is 11.3 Å². The number of likely N-dealkylation sites (tertiary alicyclic amines) is 1. The van der Waals surface area contributed by atoms with E-state index in [1.54, 1.807) is 11.0 Å². The van der Waals surface area contributed by atoms with Gasteiger partial charge in [0.05, 0.1) is 56.1 Å². The van der Waals surface area contributed by atoms with Gasteiger partial charge in [-0.3, -0.25) is 9.69 Å². The highest BCUT2D eigenvalue weighted by molar-refractivity contribution is 5.95. The summed E-state index contributed by atoms with van der Waals surface area (Å²) in [4.78, 5) is 31.0. The summed E-state index contributed by atoms with van der Waals surface area (Å²) in [5, 5.41) is 22.1. The molecular weight excluding hydrogens is 558 g/mol. The van der Waals surface area contributed by atoms with Crippen LogP contribution in [0.15, 0.2) is 49.1 Å². The van der Waals surface area contributed by atoms with Crippen molar-refractivity contribution in [3.63, 3.8) is 0 Å². The molecule has 0 aliphatic carbocycles. The quantitative estimate of drug-likeness (QED) is 0.292. The third kappa shape index (κ3) is 5.29. The Kier molecular flexibility index (Phi) is 7.70. The van der Waals surface area contributed by atoms with E-state index in [9.17, 15) is 15.2 Å². The van der Waals surface area contributed by atoms with E-state index in [-0.39, 0.29) is 24.1 Å². The van der Waals surface area contributed by atoms with Gasteiger partial charge in [-0.05, 0) is 30.4 Å². The molecule has 1 aromatic heterocycles. The molecule has 4 aliphatic heterocycles. The number of anilines is 2. The Balaban J connectivity index is 1.16. The number of carbonyl (C=O) groups is 1. The molecule has 1 N–H and O–H groups in total. The van der Waals surface area contributed by atoms with Crippen molar-refractivity contribution in [2.45, 2.75) is 44.0 Å². The number of ether oxygens (including phenoxy) is 2. The minimum Gasteiger partial charge on any atom is -0.508 e. The van der Waals surface area contributed by atoms with Crippen LogP contribution in [0.5, 0.6) is 11.8 Å². The van der Waals surface area contributed by atoms with E-state index in [0.717, 1.165) is 66.2 Å². The molecule has 2 aromatic carbocycles. The zero-order valence-electron chi connectivity index (χ0n) is 24.8. The number of benzene rings is 2. The first-order valence-corrected chi connectivity index (χ1v) is 15.4. The number of phenols is 1. The van der Waals surface area contributed by atoms with Gasteiger partial charge in [0.15, 0.2) is 0 Å². The third-order valence-corrected chi connectivity index (χ3v) is 9.37. The summed E-state index contributed by atoms with van der Waals surface area (Å²) < 4.78 is 11.7. The number of carbonyl (C=O) groups excluding carboxylic acids is 1. The van der Waals surface area contributed by atoms with Gasteiger partial charge in [0.25, 0.3) is 0 Å². The molecule has 1 amide bonds. The lowest BCUT2D eigenvalue weighted by molar-refractivity contribution is -0.214. The Hall–Kier alpha value is -4.40. The van der Waals surface area contributed by atoms with E-state index in [1.165, 1.54) is 6.08 Å². The fraction of sp³-hybridized carbons (Fsp3) is 0.455. The maximum absolute atomic E-state index is 12.5. The van der Waals surface area contributed by atoms with Crippen molar-refractivity contribution in [2.75, 3.05) is 62.3 Å². The maximum Gasteiger partial charge on any atom is 0.318 e. The Bertz CT molecular complexity index is 1620. The Morgan fingerprint density at radius 2 is 2.07 bits per heavy atom. The van der Waals surface area contributed by atoms with E-state index in [0.29, 0.717) is 57.4 Å². The van der Waals surface area contributed by atoms with Crippen molar-refractivity contribution in [2.24, 2.45) is 0 Å². The van der Waals surface area contributed by atoms with Crippen molar-refractivity contribution >= 4 is 28.2 Å². The topological polar surface area (TPSA) is 118 Å². The summed E-state index contributed by atoms with van der Waals surface area (Å²) in [6, 6.07) is 14.6. The Morgan fingerprint density at radius 3 is 2.84 bits per heavy atom. The highest BCUT2D eigenvalue weighted by atomic mass is 16.5. The van der Waals surface area contributed by atoms with Crippen molar-refractivity contribution < 1.29 is 19.4 Å². The lowest BCUT2D eigenvalue weighted by atomic mass is 9.95. The predicted molar refractivity (Wildman–Crippen MR) is 166 cm³/mol. The maximum atomic E-state index is 12.5. The van der Waals surface area contributed by atoms with Crippen LogP contribution in [0.25, 0.3) is 10.8 Å². The zero-order chi connectivity index (χ0) is 30.2. The van der Waals surface area contributed by atoms with E-state index >= 15 is 0 Å². The molecule has 3 aromatic rings. The molecule has 0 radical (unpaired) electrons. The van der Waals surface area contributed by atoms with Crippen LogP contribution in [0.2, 0.25) is 0 Å². The fourth-order valence-corrected chi connectivity index (χ4v) is 6.94. The van der Waals surface area contributed by atoms with Gasteiger partial charge in [0, 0.05) is 62.0 Å². The summed E-state index contributed by atoms with van der Waals surface area (Å²) in [5.74, 6) is 0.889. The SMILES string of the molecule is C=CC(=O)N1CCN(c2nc(OCCCN3CC4OC[C@H]43)nc3c2CCN(c2cc(O)cc4ccccc24)C3)CC1CC#N. The molecule has 11 heteroatoms. The molecule has 4 aliphatic rings. The van der Waals surface area contributed by atoms with Crippen LogP contribution in [0.4, 0.5) is 11.5 Å². The van der Waals surface area contributed by atoms with E-state index in [1.807, 2.05) is 24.3 Å². The van der Waals surface area contributed by atoms with Gasteiger partial charge in [-0.25, -0.2) is 0 Å². The largest absolute Gasteiger partial charge is 0.508 e. The minimum atomic E-state index is -0.260. The Morgan fingerprint density at radius 1 is 1.18 bits per heavy atom. The van der Waals surface area contributed by atoms with E-state index in [2.05, 4.69) is 33.4 Å². The number of morpholine rings is 1. The van der Waals surface area contributed by atoms with Crippen LogP contribution >= 0.6 is 0 Å². The average Bonchev–Trinajstić information content (AvgIpc) is 3.03. The lowest BCUT2D eigenvalue weighted by Crippen LogP contribution is -2.70. The summed E-state index contributed by atoms with van der Waals surface area (Å²) in [7, 11) is 0. The molecule has 3 atom stereocenters. The summed E-state index contributed by atoms with van der Waals surface area (Å²) in [6.07, 6.45) is 3.54. The molecule has 3 saturated heterocycles. The number of hydrogen-bond donors (Lipinski definition) is 1. The normalized spacial score (nSPS) is 22.8. The molecule has 5 heterocycles. The second-order valence-corrected chi connectivity index (χ2v) is 11.9. The van der Waals surface area contributed by atoms with Crippen molar-refractivity contribution in [3.05, 3.63) is 60.3 Å². The average molecular weight is 596 g/mol. The molecular formula is C33H37N7O4. The molecule has 0 bridgehead atoms. The second-order valence-electron chi connectivity index (χ2n) is 11.9. The standard InChI is InChI=1S/C33H37N7O4/c1-2-31(42)40-14-13-39(18-23(40)8-10-34)32-26-9-12-38(28-17-24(41)16-22-6-3-4-7-25(22)28)19-27(26)35-33(36-32)43-15-5-11-37-20-30-29(37)21-44-30/h2-4,6-7,16-17,23,29-30,41H,1,5,8-9,11-15,18-21H2/t23?,29-,30?/m1/s1. The second kappa shape index (κ2) is 11.9. The number of hydrogen-bond acceptors (Lipinski definition) is 10. The molecule has 44 heavy (non-hydrogen) atoms. The molecule has 0 saturated carbocycles. The molecule has 11 nitrogen and oxygen atoms in total. The smallest absolute Gasteiger partial charge is 0.318 e. The number of aromatic nitrogens is 2. The molecule has 3 fully saturated rings. The minimum absolute atomic E-state index is 0.158. The predicted octanol–water partition coefficient (Wildman–Crippen LogP) is 2.87. The van der Waals surface area contributed by atoms with Crippen LogP contribution in [-0.4, -0.2) is 101 Å². The van der Waals surface area contributed by atoms with Crippen molar-refractivity contribution in [3.8, 4) is 17.8 Å². The summed E-state index contributed by atoms with van der Waals surface area (Å²) >= 11 is 0. The van der Waals surface area contributed by atoms with Gasteiger partial charge < -0.3 is 29.3 Å². The summed E-state index contributed by atoms with van der Waals surface area (Å²) in [6.45, 7) is 9.77. The number of rotatable bonds is 9. The first-order valence-electron chi connectivity index (χ1n) is 15.4. The van der Waals surface area contributed by atoms with Gasteiger partial charge in [0.2, 0.25) is 5.91 Å². The summed E-state index contributed by atoms with van der Waals surface area (Å²) in [5.41, 5.74) is 2.92. The van der Waals surface area contributed by atoms with Crippen LogP contribution in [0.3, 0.4) is 0 Å². The van der Waals surface area contributed by atoms with Crippen LogP contribution in [-0.2, 0) is 22.5 Å². The van der Waals surface area contributed by atoms with E-state index in [4.69, 9.17) is 19.4 Å². The van der Waals surface area contributed by atoms with Gasteiger partial charge in [-0.1, -0.05) is 30.8 Å². The highest BCUT2D eigenvalue weighted by Crippen LogP contribution is 2.37. The number of nitrogens with zero attached hydrogens (tertiary/aromatic N) is 7. The van der Waals surface area contributed by atoms with Crippen molar-refractivity contribution in [1.29, 1.82) is 5.26 Å². The Labute approximate surface area is 256 Å². The number of phenolic OH excluding ortho intramolecular Hbond substituents is 1. The lowest BCUT2D eigenvalue weighted by Gasteiger charge is -2.55. The van der Waals surface area contributed by atoms with Crippen LogP contribution < -0.4 is 14.5 Å². The van der Waals surface area contributed by atoms with Gasteiger partial charge in [-0.2, -0.15) is 15.2 Å². The molecule has 7 rings (SSSR count). The van der Waals surface area contributed by atoms with Gasteiger partial charge in [0.1, 0.15) is 11.6 Å². The highest BCUT2D eigenvalue weighted by Gasteiger charge is 2.46.